The van der Waals surface area contributed by atoms with Crippen LogP contribution in [0.15, 0.2) is 9.85 Å². The van der Waals surface area contributed by atoms with E-state index in [1.54, 1.807) is 0 Å². The second kappa shape index (κ2) is 5.66. The fourth-order valence-electron chi connectivity index (χ4n) is 1.42. The number of hydrogen-bond donors (Lipinski definition) is 0. The molecule has 1 aromatic heterocycles. The van der Waals surface area contributed by atoms with Crippen LogP contribution in [0.4, 0.5) is 0 Å². The molecular weight excluding hydrogens is 324 g/mol. The van der Waals surface area contributed by atoms with E-state index >= 15 is 0 Å². The van der Waals surface area contributed by atoms with E-state index in [2.05, 4.69) is 58.7 Å². The maximum absolute atomic E-state index is 3.78. The molecule has 3 heteroatoms. The molecule has 2 unspecified atom stereocenters. The molecule has 0 radical (unpaired) electrons. The number of thiophene rings is 1. The topological polar surface area (TPSA) is 0 Å². The van der Waals surface area contributed by atoms with Crippen molar-refractivity contribution in [3.05, 3.63) is 20.3 Å². The van der Waals surface area contributed by atoms with E-state index in [0.717, 1.165) is 5.92 Å². The first kappa shape index (κ1) is 12.7. The molecule has 0 nitrogen and oxygen atoms in total. The SMILES string of the molecule is CCC(C)CC(Br)c1cc(Br)sc1C. The minimum absolute atomic E-state index is 0.514. The van der Waals surface area contributed by atoms with Crippen LogP contribution in [-0.2, 0) is 0 Å². The molecule has 80 valence electrons. The highest BCUT2D eigenvalue weighted by atomic mass is 79.9. The lowest BCUT2D eigenvalue weighted by Crippen LogP contribution is -1.98. The maximum atomic E-state index is 3.78. The molecule has 0 saturated heterocycles. The first-order valence-corrected chi connectivity index (χ1v) is 7.47. The molecule has 2 atom stereocenters. The van der Waals surface area contributed by atoms with Crippen LogP contribution in [0.25, 0.3) is 0 Å². The van der Waals surface area contributed by atoms with Gasteiger partial charge in [0.15, 0.2) is 0 Å². The van der Waals surface area contributed by atoms with Crippen molar-refractivity contribution in [2.45, 2.75) is 38.4 Å². The predicted molar refractivity (Wildman–Crippen MR) is 72.5 cm³/mol. The highest BCUT2D eigenvalue weighted by molar-refractivity contribution is 9.11. The largest absolute Gasteiger partial charge is 0.133 e. The lowest BCUT2D eigenvalue weighted by atomic mass is 9.99. The molecule has 1 aromatic rings. The highest BCUT2D eigenvalue weighted by Crippen LogP contribution is 2.38. The predicted octanol–water partition coefficient (Wildman–Crippen LogP) is 5.69. The molecule has 1 rings (SSSR count). The Morgan fingerprint density at radius 1 is 1.50 bits per heavy atom. The summed E-state index contributed by atoms with van der Waals surface area (Å²) >= 11 is 9.13. The zero-order valence-electron chi connectivity index (χ0n) is 8.81. The van der Waals surface area contributed by atoms with E-state index < -0.39 is 0 Å². The highest BCUT2D eigenvalue weighted by Gasteiger charge is 2.15. The Labute approximate surface area is 107 Å². The third-order valence-corrected chi connectivity index (χ3v) is 5.01. The molecule has 0 saturated carbocycles. The van der Waals surface area contributed by atoms with Crippen LogP contribution >= 0.6 is 43.2 Å². The Morgan fingerprint density at radius 3 is 2.57 bits per heavy atom. The fourth-order valence-corrected chi connectivity index (χ4v) is 4.45. The molecule has 0 bridgehead atoms. The summed E-state index contributed by atoms with van der Waals surface area (Å²) < 4.78 is 1.23. The van der Waals surface area contributed by atoms with Crippen LogP contribution < -0.4 is 0 Å². The zero-order chi connectivity index (χ0) is 10.7. The molecule has 0 N–H and O–H groups in total. The van der Waals surface area contributed by atoms with Gasteiger partial charge in [-0.25, -0.2) is 0 Å². The number of rotatable bonds is 4. The van der Waals surface area contributed by atoms with Gasteiger partial charge >= 0.3 is 0 Å². The molecule has 0 aromatic carbocycles. The van der Waals surface area contributed by atoms with Crippen LogP contribution in [-0.4, -0.2) is 0 Å². The Balaban J connectivity index is 2.69. The van der Waals surface area contributed by atoms with Gasteiger partial charge in [0.1, 0.15) is 0 Å². The van der Waals surface area contributed by atoms with Crippen LogP contribution in [0.3, 0.4) is 0 Å². The number of aryl methyl sites for hydroxylation is 1. The fraction of sp³-hybridized carbons (Fsp3) is 0.636. The lowest BCUT2D eigenvalue weighted by Gasteiger charge is -2.14. The molecule has 1 heterocycles. The second-order valence-electron chi connectivity index (χ2n) is 3.78. The Hall–Kier alpha value is 0.660. The van der Waals surface area contributed by atoms with Crippen molar-refractivity contribution < 1.29 is 0 Å². The third-order valence-electron chi connectivity index (χ3n) is 2.57. The monoisotopic (exact) mass is 338 g/mol. The minimum atomic E-state index is 0.514. The summed E-state index contributed by atoms with van der Waals surface area (Å²) in [6, 6.07) is 2.24. The van der Waals surface area contributed by atoms with Gasteiger partial charge in [-0.2, -0.15) is 0 Å². The summed E-state index contributed by atoms with van der Waals surface area (Å²) in [7, 11) is 0. The van der Waals surface area contributed by atoms with Crippen molar-refractivity contribution in [1.82, 2.24) is 0 Å². The first-order valence-electron chi connectivity index (χ1n) is 4.94. The smallest absolute Gasteiger partial charge is 0.0704 e. The van der Waals surface area contributed by atoms with Gasteiger partial charge in [-0.15, -0.1) is 11.3 Å². The average Bonchev–Trinajstić information content (AvgIpc) is 2.45. The van der Waals surface area contributed by atoms with Crippen LogP contribution in [0.5, 0.6) is 0 Å². The van der Waals surface area contributed by atoms with E-state index in [4.69, 9.17) is 0 Å². The normalized spacial score (nSPS) is 15.5. The van der Waals surface area contributed by atoms with Gasteiger partial charge < -0.3 is 0 Å². The summed E-state index contributed by atoms with van der Waals surface area (Å²) in [5.74, 6) is 0.789. The van der Waals surface area contributed by atoms with Crippen molar-refractivity contribution in [2.75, 3.05) is 0 Å². The van der Waals surface area contributed by atoms with Gasteiger partial charge in [-0.05, 0) is 46.8 Å². The van der Waals surface area contributed by atoms with E-state index in [0.29, 0.717) is 4.83 Å². The van der Waals surface area contributed by atoms with Crippen LogP contribution in [0.1, 0.15) is 42.0 Å². The molecule has 0 amide bonds. The zero-order valence-corrected chi connectivity index (χ0v) is 12.8. The van der Waals surface area contributed by atoms with Gasteiger partial charge in [-0.3, -0.25) is 0 Å². The van der Waals surface area contributed by atoms with Crippen molar-refractivity contribution in [2.24, 2.45) is 5.92 Å². The summed E-state index contributed by atoms with van der Waals surface area (Å²) in [5.41, 5.74) is 1.45. The second-order valence-corrected chi connectivity index (χ2v) is 7.52. The van der Waals surface area contributed by atoms with Gasteiger partial charge in [0.2, 0.25) is 0 Å². The van der Waals surface area contributed by atoms with Crippen molar-refractivity contribution in [3.8, 4) is 0 Å². The van der Waals surface area contributed by atoms with Crippen LogP contribution in [0, 0.1) is 12.8 Å². The minimum Gasteiger partial charge on any atom is -0.133 e. The number of halogens is 2. The molecular formula is C11H16Br2S. The van der Waals surface area contributed by atoms with E-state index in [1.807, 2.05) is 11.3 Å². The van der Waals surface area contributed by atoms with Gasteiger partial charge in [0, 0.05) is 9.70 Å². The summed E-state index contributed by atoms with van der Waals surface area (Å²) in [5, 5.41) is 0. The number of alkyl halides is 1. The van der Waals surface area contributed by atoms with E-state index in [-0.39, 0.29) is 0 Å². The van der Waals surface area contributed by atoms with Gasteiger partial charge in [0.05, 0.1) is 3.79 Å². The van der Waals surface area contributed by atoms with Gasteiger partial charge in [0.25, 0.3) is 0 Å². The standard InChI is InChI=1S/C11H16Br2S/c1-4-7(2)5-10(12)9-6-11(13)14-8(9)3/h6-7,10H,4-5H2,1-3H3. The number of hydrogen-bond acceptors (Lipinski definition) is 1. The Morgan fingerprint density at radius 2 is 2.14 bits per heavy atom. The van der Waals surface area contributed by atoms with Crippen molar-refractivity contribution in [3.63, 3.8) is 0 Å². The Bertz CT molecular complexity index is 293. The molecule has 0 fully saturated rings. The lowest BCUT2D eigenvalue weighted by molar-refractivity contribution is 0.514. The Kier molecular flexibility index (Phi) is 5.15. The summed E-state index contributed by atoms with van der Waals surface area (Å²) in [6.45, 7) is 6.75. The third kappa shape index (κ3) is 3.35. The van der Waals surface area contributed by atoms with Crippen molar-refractivity contribution >= 4 is 43.2 Å². The maximum Gasteiger partial charge on any atom is 0.0704 e. The van der Waals surface area contributed by atoms with Gasteiger partial charge in [-0.1, -0.05) is 36.2 Å². The van der Waals surface area contributed by atoms with E-state index in [1.165, 1.54) is 27.1 Å². The molecule has 0 spiro atoms. The first-order chi connectivity index (χ1) is 6.54. The molecule has 0 aliphatic carbocycles. The van der Waals surface area contributed by atoms with Crippen LogP contribution in [0.2, 0.25) is 0 Å². The molecule has 14 heavy (non-hydrogen) atoms. The summed E-state index contributed by atoms with van der Waals surface area (Å²) in [4.78, 5) is 1.93. The van der Waals surface area contributed by atoms with E-state index in [9.17, 15) is 0 Å². The quantitative estimate of drug-likeness (QED) is 0.618. The summed E-state index contributed by atoms with van der Waals surface area (Å²) in [6.07, 6.45) is 2.48. The molecule has 0 aliphatic heterocycles. The molecule has 0 aliphatic rings. The van der Waals surface area contributed by atoms with Crippen molar-refractivity contribution in [1.29, 1.82) is 0 Å². The average molecular weight is 340 g/mol.